The van der Waals surface area contributed by atoms with Crippen LogP contribution >= 0.6 is 47.2 Å². The van der Waals surface area contributed by atoms with Gasteiger partial charge in [0.2, 0.25) is 6.79 Å². The zero-order chi connectivity index (χ0) is 26.2. The Hall–Kier alpha value is -2.40. The van der Waals surface area contributed by atoms with Crippen molar-refractivity contribution in [1.82, 2.24) is 9.80 Å². The van der Waals surface area contributed by atoms with Crippen molar-refractivity contribution in [2.24, 2.45) is 0 Å². The number of carbonyl (C=O) groups is 1. The number of hydrogen-bond donors (Lipinski definition) is 1. The van der Waals surface area contributed by atoms with E-state index in [-0.39, 0.29) is 51.3 Å². The second kappa shape index (κ2) is 11.8. The first-order chi connectivity index (χ1) is 17.7. The Morgan fingerprint density at radius 2 is 1.63 bits per heavy atom. The third-order valence-corrected chi connectivity index (χ3v) is 8.51. The van der Waals surface area contributed by atoms with E-state index in [9.17, 15) is 13.2 Å². The summed E-state index contributed by atoms with van der Waals surface area (Å²) in [4.78, 5) is 17.0. The summed E-state index contributed by atoms with van der Waals surface area (Å²) in [6, 6.07) is 14.6. The Morgan fingerprint density at radius 3 is 2.37 bits per heavy atom. The van der Waals surface area contributed by atoms with Crippen molar-refractivity contribution in [1.29, 1.82) is 0 Å². The summed E-state index contributed by atoms with van der Waals surface area (Å²) in [5, 5.41) is 0.361. The number of carbonyl (C=O) groups excluding carboxylic acids is 1. The van der Waals surface area contributed by atoms with E-state index in [4.69, 9.17) is 44.3 Å². The van der Waals surface area contributed by atoms with E-state index in [1.54, 1.807) is 23.1 Å². The SMILES string of the molecule is Cl.O=C(c1cc(S(=O)(=O)Nc2cccc(Cl)c2)c(Cl)cc1Cl)N1CCN(Cc2ccc3c(c2)OCO3)CC1. The molecule has 13 heteroatoms. The van der Waals surface area contributed by atoms with Crippen molar-refractivity contribution >= 4 is 68.8 Å². The lowest BCUT2D eigenvalue weighted by Crippen LogP contribution is -2.48. The van der Waals surface area contributed by atoms with Crippen molar-refractivity contribution < 1.29 is 22.7 Å². The van der Waals surface area contributed by atoms with Gasteiger partial charge >= 0.3 is 0 Å². The molecule has 0 unspecified atom stereocenters. The number of nitrogens with zero attached hydrogens (tertiary/aromatic N) is 2. The number of hydrogen-bond acceptors (Lipinski definition) is 6. The Morgan fingerprint density at radius 1 is 0.895 bits per heavy atom. The molecule has 8 nitrogen and oxygen atoms in total. The van der Waals surface area contributed by atoms with Crippen molar-refractivity contribution in [3.63, 3.8) is 0 Å². The summed E-state index contributed by atoms with van der Waals surface area (Å²) in [6.45, 7) is 3.15. The van der Waals surface area contributed by atoms with Crippen LogP contribution in [0.15, 0.2) is 59.5 Å². The summed E-state index contributed by atoms with van der Waals surface area (Å²) >= 11 is 18.5. The number of piperazine rings is 1. The monoisotopic (exact) mass is 617 g/mol. The molecule has 2 heterocycles. The molecule has 38 heavy (non-hydrogen) atoms. The second-order valence-corrected chi connectivity index (χ2v) is 11.5. The van der Waals surface area contributed by atoms with E-state index in [2.05, 4.69) is 9.62 Å². The Labute approximate surface area is 241 Å². The van der Waals surface area contributed by atoms with E-state index in [0.29, 0.717) is 37.7 Å². The molecule has 0 spiro atoms. The third-order valence-electron chi connectivity index (χ3n) is 6.12. The van der Waals surface area contributed by atoms with Gasteiger partial charge < -0.3 is 14.4 Å². The highest BCUT2D eigenvalue weighted by molar-refractivity contribution is 7.92. The van der Waals surface area contributed by atoms with Crippen molar-refractivity contribution in [2.45, 2.75) is 11.4 Å². The van der Waals surface area contributed by atoms with Crippen LogP contribution in [0.1, 0.15) is 15.9 Å². The van der Waals surface area contributed by atoms with Crippen LogP contribution in [-0.4, -0.2) is 57.1 Å². The van der Waals surface area contributed by atoms with E-state index >= 15 is 0 Å². The summed E-state index contributed by atoms with van der Waals surface area (Å²) < 4.78 is 39.4. The first kappa shape index (κ1) is 28.6. The van der Waals surface area contributed by atoms with Gasteiger partial charge in [0.05, 0.1) is 21.3 Å². The topological polar surface area (TPSA) is 88.2 Å². The Kier molecular flexibility index (Phi) is 8.86. The van der Waals surface area contributed by atoms with Crippen molar-refractivity contribution in [3.05, 3.63) is 80.8 Å². The minimum Gasteiger partial charge on any atom is -0.454 e. The third kappa shape index (κ3) is 6.25. The maximum absolute atomic E-state index is 13.3. The molecule has 1 N–H and O–H groups in total. The quantitative estimate of drug-likeness (QED) is 0.389. The molecule has 0 bridgehead atoms. The van der Waals surface area contributed by atoms with Crippen LogP contribution in [-0.2, 0) is 16.6 Å². The summed E-state index contributed by atoms with van der Waals surface area (Å²) in [7, 11) is -4.11. The van der Waals surface area contributed by atoms with Gasteiger partial charge in [0.25, 0.3) is 15.9 Å². The van der Waals surface area contributed by atoms with E-state index in [0.717, 1.165) is 17.1 Å². The van der Waals surface area contributed by atoms with Crippen LogP contribution in [0.4, 0.5) is 5.69 Å². The molecule has 1 saturated heterocycles. The summed E-state index contributed by atoms with van der Waals surface area (Å²) in [5.74, 6) is 1.12. The zero-order valence-electron chi connectivity index (χ0n) is 19.8. The van der Waals surface area contributed by atoms with Gasteiger partial charge in [0.15, 0.2) is 11.5 Å². The zero-order valence-corrected chi connectivity index (χ0v) is 23.7. The van der Waals surface area contributed by atoms with E-state index < -0.39 is 10.0 Å². The highest BCUT2D eigenvalue weighted by atomic mass is 35.5. The fraction of sp³-hybridized carbons (Fsp3) is 0.240. The highest BCUT2D eigenvalue weighted by Gasteiger charge is 2.28. The summed E-state index contributed by atoms with van der Waals surface area (Å²) in [6.07, 6.45) is 0. The van der Waals surface area contributed by atoms with E-state index in [1.165, 1.54) is 18.2 Å². The molecule has 0 aliphatic carbocycles. The second-order valence-electron chi connectivity index (χ2n) is 8.63. The molecule has 3 aromatic carbocycles. The number of fused-ring (bicyclic) bond motifs is 1. The maximum Gasteiger partial charge on any atom is 0.263 e. The molecular weight excluding hydrogens is 596 g/mol. The molecule has 202 valence electrons. The molecule has 0 radical (unpaired) electrons. The molecule has 1 fully saturated rings. The van der Waals surface area contributed by atoms with Crippen molar-refractivity contribution in [2.75, 3.05) is 37.7 Å². The first-order valence-corrected chi connectivity index (χ1v) is 14.0. The lowest BCUT2D eigenvalue weighted by atomic mass is 10.1. The average molecular weight is 619 g/mol. The molecular formula is C25H23Cl4N3O5S. The fourth-order valence-electron chi connectivity index (χ4n) is 4.24. The molecule has 3 aromatic rings. The number of amides is 1. The maximum atomic E-state index is 13.3. The minimum atomic E-state index is -4.11. The van der Waals surface area contributed by atoms with Gasteiger partial charge in [0.1, 0.15) is 4.90 Å². The Balaban J connectivity index is 0.00000336. The van der Waals surface area contributed by atoms with Crippen molar-refractivity contribution in [3.8, 4) is 11.5 Å². The number of rotatable bonds is 6. The molecule has 2 aliphatic heterocycles. The molecule has 0 saturated carbocycles. The predicted octanol–water partition coefficient (Wildman–Crippen LogP) is 5.56. The predicted molar refractivity (Wildman–Crippen MR) is 150 cm³/mol. The molecule has 0 atom stereocenters. The van der Waals surface area contributed by atoms with Gasteiger partial charge in [-0.15, -0.1) is 12.4 Å². The van der Waals surface area contributed by atoms with Gasteiger partial charge in [-0.3, -0.25) is 14.4 Å². The molecule has 0 aromatic heterocycles. The standard InChI is InChI=1S/C25H22Cl3N3O5S.ClH/c26-17-2-1-3-18(11-17)29-37(33,34)24-12-19(20(27)13-21(24)28)25(32)31-8-6-30(7-9-31)14-16-4-5-22-23(10-16)36-15-35-22;/h1-5,10-13,29H,6-9,14-15H2;1H. The number of anilines is 1. The van der Waals surface area contributed by atoms with Crippen LogP contribution < -0.4 is 14.2 Å². The molecule has 2 aliphatic rings. The smallest absolute Gasteiger partial charge is 0.263 e. The van der Waals surface area contributed by atoms with Crippen LogP contribution in [0.5, 0.6) is 11.5 Å². The largest absolute Gasteiger partial charge is 0.454 e. The van der Waals surface area contributed by atoms with Gasteiger partial charge in [-0.1, -0.05) is 46.9 Å². The van der Waals surface area contributed by atoms with Gasteiger partial charge in [-0.05, 0) is 48.0 Å². The normalized spacial score (nSPS) is 15.2. The lowest BCUT2D eigenvalue weighted by Gasteiger charge is -2.35. The van der Waals surface area contributed by atoms with Crippen LogP contribution in [0.3, 0.4) is 0 Å². The van der Waals surface area contributed by atoms with Crippen LogP contribution in [0.2, 0.25) is 15.1 Å². The molecule has 5 rings (SSSR count). The number of nitrogens with one attached hydrogen (secondary N) is 1. The van der Waals surface area contributed by atoms with Gasteiger partial charge in [-0.25, -0.2) is 8.42 Å². The van der Waals surface area contributed by atoms with Gasteiger partial charge in [0, 0.05) is 37.7 Å². The van der Waals surface area contributed by atoms with E-state index in [1.807, 2.05) is 18.2 Å². The first-order valence-electron chi connectivity index (χ1n) is 11.4. The van der Waals surface area contributed by atoms with Crippen LogP contribution in [0.25, 0.3) is 0 Å². The van der Waals surface area contributed by atoms with Crippen LogP contribution in [0, 0.1) is 0 Å². The Bertz CT molecular complexity index is 1460. The molecule has 1 amide bonds. The fourth-order valence-corrected chi connectivity index (χ4v) is 6.33. The lowest BCUT2D eigenvalue weighted by molar-refractivity contribution is 0.0628. The number of halogens is 4. The number of benzene rings is 3. The minimum absolute atomic E-state index is 0. The highest BCUT2D eigenvalue weighted by Crippen LogP contribution is 2.33. The number of sulfonamides is 1. The number of ether oxygens (including phenoxy) is 2. The average Bonchev–Trinajstić information content (AvgIpc) is 3.32. The van der Waals surface area contributed by atoms with Gasteiger partial charge in [-0.2, -0.15) is 0 Å². The summed E-state index contributed by atoms with van der Waals surface area (Å²) in [5.41, 5.74) is 1.43.